The van der Waals surface area contributed by atoms with Gasteiger partial charge in [0.05, 0.1) is 37.1 Å². The second kappa shape index (κ2) is 17.5. The first kappa shape index (κ1) is 43.6. The van der Waals surface area contributed by atoms with Crippen LogP contribution in [0.1, 0.15) is 80.2 Å². The Hall–Kier alpha value is -3.51. The summed E-state index contributed by atoms with van der Waals surface area (Å²) < 4.78 is 37.5. The molecule has 0 spiro atoms. The third kappa shape index (κ3) is 9.27. The minimum atomic E-state index is -1.80. The SMILES string of the molecule is CC[C@H]1OC(=O)[C@H](C)C(=O)[C@H](C)[C@@H](O[C@@H]2O[C@H](C)C[C@H](N(C)C)[C@H]2O)[C@@]2(C)C[C@@H](C)C(=N)[C@H](C)[C@H](OC/C(=N\OCc3ccc4oc(N)nc4c3)CO2)[C@]1(C)O. The first-order chi connectivity index (χ1) is 26.3. The van der Waals surface area contributed by atoms with Gasteiger partial charge < -0.3 is 59.2 Å². The number of rotatable bonds is 7. The van der Waals surface area contributed by atoms with Gasteiger partial charge in [-0.2, -0.15) is 4.98 Å². The summed E-state index contributed by atoms with van der Waals surface area (Å²) >= 11 is 0. The van der Waals surface area contributed by atoms with E-state index in [1.165, 1.54) is 13.8 Å². The Balaban J connectivity index is 1.60. The summed E-state index contributed by atoms with van der Waals surface area (Å²) in [7, 11) is 3.74. The van der Waals surface area contributed by atoms with E-state index >= 15 is 0 Å². The lowest BCUT2D eigenvalue weighted by molar-refractivity contribution is -0.296. The molecule has 2 aromatic rings. The number of oxime groups is 1. The number of nitrogens with one attached hydrogen (secondary N) is 1. The van der Waals surface area contributed by atoms with E-state index in [-0.39, 0.29) is 56.5 Å². The molecule has 312 valence electrons. The number of oxazole rings is 1. The fourth-order valence-corrected chi connectivity index (χ4v) is 8.50. The first-order valence-corrected chi connectivity index (χ1v) is 19.6. The highest BCUT2D eigenvalue weighted by Crippen LogP contribution is 2.40. The van der Waals surface area contributed by atoms with Crippen LogP contribution in [0.25, 0.3) is 11.1 Å². The number of cyclic esters (lactones) is 1. The van der Waals surface area contributed by atoms with Gasteiger partial charge in [-0.3, -0.25) is 9.59 Å². The zero-order valence-electron chi connectivity index (χ0n) is 34.3. The number of likely N-dealkylation sites (N-methyl/N-ethyl adjacent to an activating group) is 1. The number of benzene rings is 1. The van der Waals surface area contributed by atoms with Crippen LogP contribution in [0.3, 0.4) is 0 Å². The molecule has 3 aliphatic rings. The number of hydrogen-bond donors (Lipinski definition) is 4. The van der Waals surface area contributed by atoms with Crippen molar-refractivity contribution in [3.05, 3.63) is 23.8 Å². The van der Waals surface area contributed by atoms with Gasteiger partial charge in [-0.1, -0.05) is 38.9 Å². The molecule has 16 nitrogen and oxygen atoms in total. The summed E-state index contributed by atoms with van der Waals surface area (Å²) in [5.41, 5.74) is 4.97. The molecule has 2 bridgehead atoms. The molecule has 0 radical (unpaired) electrons. The van der Waals surface area contributed by atoms with Gasteiger partial charge in [0, 0.05) is 23.6 Å². The quantitative estimate of drug-likeness (QED) is 0.178. The van der Waals surface area contributed by atoms with Crippen molar-refractivity contribution in [2.45, 2.75) is 135 Å². The van der Waals surface area contributed by atoms with Crippen LogP contribution in [0.2, 0.25) is 0 Å². The summed E-state index contributed by atoms with van der Waals surface area (Å²) in [5.74, 6) is -4.69. The molecule has 3 saturated heterocycles. The maximum absolute atomic E-state index is 14.4. The lowest BCUT2D eigenvalue weighted by Gasteiger charge is -2.47. The number of Topliss-reactive ketones (excluding diaryl/α,β-unsaturated/α-hetero) is 1. The van der Waals surface area contributed by atoms with Crippen LogP contribution in [0, 0.1) is 29.1 Å². The molecule has 0 aliphatic carbocycles. The molecule has 1 aromatic carbocycles. The summed E-state index contributed by atoms with van der Waals surface area (Å²) in [5, 5.41) is 37.7. The van der Waals surface area contributed by atoms with E-state index in [1.807, 2.05) is 32.8 Å². The number of nitrogens with two attached hydrogens (primary N) is 1. The molecule has 56 heavy (non-hydrogen) atoms. The normalized spacial score (nSPS) is 38.9. The third-order valence-corrected chi connectivity index (χ3v) is 11.8. The third-order valence-electron chi connectivity index (χ3n) is 11.8. The van der Waals surface area contributed by atoms with E-state index in [1.54, 1.807) is 45.9 Å². The van der Waals surface area contributed by atoms with Crippen LogP contribution in [0.15, 0.2) is 27.8 Å². The molecular formula is C40H61N5O11. The second-order valence-electron chi connectivity index (χ2n) is 16.6. The molecule has 13 atom stereocenters. The molecule has 4 heterocycles. The van der Waals surface area contributed by atoms with Crippen molar-refractivity contribution in [2.24, 2.45) is 28.8 Å². The van der Waals surface area contributed by atoms with Gasteiger partial charge in [0.2, 0.25) is 0 Å². The largest absolute Gasteiger partial charge is 0.459 e. The first-order valence-electron chi connectivity index (χ1n) is 19.6. The smallest absolute Gasteiger partial charge is 0.316 e. The van der Waals surface area contributed by atoms with Crippen LogP contribution in [-0.2, 0) is 44.7 Å². The van der Waals surface area contributed by atoms with E-state index < -0.39 is 77.3 Å². The topological polar surface area (TPSA) is 221 Å². The molecule has 1 aromatic heterocycles. The minimum Gasteiger partial charge on any atom is -0.459 e. The van der Waals surface area contributed by atoms with Crippen molar-refractivity contribution in [1.29, 1.82) is 5.41 Å². The Morgan fingerprint density at radius 2 is 1.82 bits per heavy atom. The fraction of sp³-hybridized carbons (Fsp3) is 0.725. The van der Waals surface area contributed by atoms with Gasteiger partial charge in [-0.05, 0) is 84.7 Å². The number of nitrogens with zero attached hydrogens (tertiary/aromatic N) is 3. The number of aliphatic hydroxyl groups is 2. The molecule has 3 aliphatic heterocycles. The predicted octanol–water partition coefficient (Wildman–Crippen LogP) is 3.88. The van der Waals surface area contributed by atoms with Crippen molar-refractivity contribution in [3.63, 3.8) is 0 Å². The van der Waals surface area contributed by atoms with Gasteiger partial charge in [0.15, 0.2) is 17.7 Å². The number of esters is 1. The van der Waals surface area contributed by atoms with E-state index in [0.29, 0.717) is 23.2 Å². The molecular weight excluding hydrogens is 726 g/mol. The van der Waals surface area contributed by atoms with Crippen molar-refractivity contribution >= 4 is 40.3 Å². The van der Waals surface area contributed by atoms with Gasteiger partial charge in [-0.25, -0.2) is 0 Å². The van der Waals surface area contributed by atoms with Crippen LogP contribution < -0.4 is 5.73 Å². The summed E-state index contributed by atoms with van der Waals surface area (Å²) in [6.07, 6.45) is -4.83. The van der Waals surface area contributed by atoms with Crippen LogP contribution in [-0.4, -0.2) is 125 Å². The van der Waals surface area contributed by atoms with Crippen molar-refractivity contribution < 1.29 is 52.7 Å². The highest BCUT2D eigenvalue weighted by Gasteiger charge is 2.52. The molecule has 5 rings (SSSR count). The lowest BCUT2D eigenvalue weighted by Crippen LogP contribution is -2.60. The predicted molar refractivity (Wildman–Crippen MR) is 207 cm³/mol. The molecule has 0 amide bonds. The standard InChI is InChI=1S/C40H61N5O11/c1-11-30-40(8,49)35-22(4)31(41)20(2)16-39(7,51-19-26(18-50-35)44-52-17-25-12-13-29-27(15-25)43-38(42)54-29)34(23(5)32(46)24(6)36(48)55-30)56-37-33(47)28(45(9)10)14-21(3)53-37/h12-13,15,20-24,28,30,33-35,37,41,47,49H,11,14,16-19H2,1-10H3,(H2,42,43)/b41-31?,44-26+/t20-,21-,22+,23+,24-,28+,30-,33-,34-,35+,37+,39-,40-/m1/s1. The number of anilines is 1. The van der Waals surface area contributed by atoms with Crippen LogP contribution >= 0.6 is 0 Å². The van der Waals surface area contributed by atoms with E-state index in [4.69, 9.17) is 38.7 Å². The zero-order valence-corrected chi connectivity index (χ0v) is 34.3. The number of aliphatic hydroxyl groups excluding tert-OH is 1. The van der Waals surface area contributed by atoms with Gasteiger partial charge in [0.25, 0.3) is 6.01 Å². The monoisotopic (exact) mass is 787 g/mol. The van der Waals surface area contributed by atoms with Crippen LogP contribution in [0.4, 0.5) is 6.01 Å². The molecule has 16 heteroatoms. The highest BCUT2D eigenvalue weighted by molar-refractivity contribution is 6.00. The van der Waals surface area contributed by atoms with Crippen LogP contribution in [0.5, 0.6) is 0 Å². The van der Waals surface area contributed by atoms with Crippen molar-refractivity contribution in [3.8, 4) is 0 Å². The molecule has 3 fully saturated rings. The lowest BCUT2D eigenvalue weighted by atomic mass is 9.74. The number of fused-ring (bicyclic) bond motifs is 6. The van der Waals surface area contributed by atoms with E-state index in [9.17, 15) is 25.2 Å². The minimum absolute atomic E-state index is 0.0495. The number of hydrogen-bond acceptors (Lipinski definition) is 16. The van der Waals surface area contributed by atoms with Gasteiger partial charge in [-0.15, -0.1) is 0 Å². The number of ketones is 1. The van der Waals surface area contributed by atoms with E-state index in [2.05, 4.69) is 10.1 Å². The Morgan fingerprint density at radius 3 is 2.50 bits per heavy atom. The number of carbonyl (C=O) groups excluding carboxylic acids is 2. The second-order valence-corrected chi connectivity index (χ2v) is 16.6. The van der Waals surface area contributed by atoms with Crippen molar-refractivity contribution in [2.75, 3.05) is 33.0 Å². The number of carbonyl (C=O) groups is 2. The number of nitrogen functional groups attached to an aromatic ring is 1. The Kier molecular flexibility index (Phi) is 13.7. The van der Waals surface area contributed by atoms with E-state index in [0.717, 1.165) is 5.56 Å². The average molecular weight is 788 g/mol. The Labute approximate surface area is 328 Å². The summed E-state index contributed by atoms with van der Waals surface area (Å²) in [4.78, 5) is 40.1. The zero-order chi connectivity index (χ0) is 41.3. The van der Waals surface area contributed by atoms with Gasteiger partial charge >= 0.3 is 5.97 Å². The maximum Gasteiger partial charge on any atom is 0.316 e. The molecule has 0 unspecified atom stereocenters. The number of aromatic nitrogens is 1. The van der Waals surface area contributed by atoms with Gasteiger partial charge in [0.1, 0.15) is 41.6 Å². The Morgan fingerprint density at radius 1 is 1.11 bits per heavy atom. The Bertz CT molecular complexity index is 1750. The maximum atomic E-state index is 14.4. The fourth-order valence-electron chi connectivity index (χ4n) is 8.50. The summed E-state index contributed by atoms with van der Waals surface area (Å²) in [6, 6.07) is 5.06. The average Bonchev–Trinajstić information content (AvgIpc) is 3.52. The highest BCUT2D eigenvalue weighted by atomic mass is 16.7. The molecule has 5 N–H and O–H groups in total. The van der Waals surface area contributed by atoms with Crippen molar-refractivity contribution in [1.82, 2.24) is 9.88 Å². The molecule has 0 saturated carbocycles. The summed E-state index contributed by atoms with van der Waals surface area (Å²) in [6.45, 7) is 13.5. The number of ether oxygens (including phenoxy) is 5.